The van der Waals surface area contributed by atoms with E-state index in [1.165, 1.54) is 31.4 Å². The van der Waals surface area contributed by atoms with Gasteiger partial charge in [-0.1, -0.05) is 41.4 Å². The third-order valence-electron chi connectivity index (χ3n) is 23.9. The first-order valence-corrected chi connectivity index (χ1v) is 47.8. The number of hydrogen-bond donors (Lipinski definition) is 5. The number of nitrogen functional groups attached to an aromatic ring is 3. The second kappa shape index (κ2) is 44.2. The van der Waals surface area contributed by atoms with E-state index in [9.17, 15) is 4.39 Å². The van der Waals surface area contributed by atoms with Crippen LogP contribution in [-0.4, -0.2) is 266 Å². The zero-order valence-electron chi connectivity index (χ0n) is 84.1. The molecule has 3 aliphatic heterocycles. The van der Waals surface area contributed by atoms with Gasteiger partial charge in [-0.15, -0.1) is 0 Å². The van der Waals surface area contributed by atoms with E-state index in [4.69, 9.17) is 73.9 Å². The third-order valence-corrected chi connectivity index (χ3v) is 24.5. The summed E-state index contributed by atoms with van der Waals surface area (Å²) in [5.41, 5.74) is 37.2. The first-order chi connectivity index (χ1) is 70.4. The number of ether oxygens (including phenoxy) is 6. The Morgan fingerprint density at radius 1 is 0.397 bits per heavy atom. The standard InChI is InChI=1S/C19H22FN5O2.C18H19N7O.C16H17ClN6O.C16H19N5O.C15H16ClN5O.C8H11N5.C7H9N5/c1-12(2)27-15-5-4-13(10-14(15)20)17-16-18(24(3)23-17)21-11-22-19(16)25-6-8-26-9-7-25;1-11-13-4-3-12(9-14(13)22-21-11)16-15-17(24(2)23-16)19-10-20-18(15)25-5-7-26-8-6-25;1-22-16-13(15(18)19-9-20-16)14(21-22)10-2-3-12(11(17)8-10)23-4-6-24-7-5-23;1-9(2)22-12-6-5-11(7-10(12)3)14-13-15(17)18-8-19-16(13)21(4)20-14;1-8(2)22-11-5-4-9(6-10(11)16)13-12-14(17)18-7-19-15(12)21(3)20-13;1-12(2)7-6-8(10-4-9-7)13(3)5-11-6;1-8-6-5-7(10-3-9-6)12(2)4-11-5/h4-5,10-12H,6-9H2,1-3H3;3-4,9-10H,5-8H2,1-2H3,(H,21,22);2-3,8-9H,4-7H2,1H3,(H2,18,19,20);5-9H,1-4H3,(H2,17,18,19);4-8H,1-3H3,(H2,17,18,19);4-5H,1-3H3;3-4H,1-2H3,(H,8,9,10). The minimum atomic E-state index is -0.412. The fraction of sp³-hybridized carbons (Fsp3) is 0.333. The lowest BCUT2D eigenvalue weighted by Crippen LogP contribution is -2.36. The number of anilines is 8. The maximum Gasteiger partial charge on any atom is 0.165 e. The number of benzene rings is 5. The van der Waals surface area contributed by atoms with Gasteiger partial charge in [0.25, 0.3) is 0 Å². The van der Waals surface area contributed by atoms with Crippen molar-refractivity contribution in [3.05, 3.63) is 175 Å². The maximum absolute atomic E-state index is 14.5. The molecular formula is C99H113Cl2FN38O6. The number of aromatic nitrogens is 30. The molecule has 18 heterocycles. The molecule has 0 saturated carbocycles. The number of morpholine rings is 3. The van der Waals surface area contributed by atoms with E-state index in [1.807, 2.05) is 205 Å². The van der Waals surface area contributed by atoms with Crippen LogP contribution in [0.4, 0.5) is 50.8 Å². The second-order valence-corrected chi connectivity index (χ2v) is 36.3. The lowest BCUT2D eigenvalue weighted by atomic mass is 10.1. The second-order valence-electron chi connectivity index (χ2n) is 35.5. The van der Waals surface area contributed by atoms with Gasteiger partial charge >= 0.3 is 0 Å². The van der Waals surface area contributed by atoms with Crippen LogP contribution >= 0.6 is 23.2 Å². The molecule has 5 aromatic carbocycles. The zero-order chi connectivity index (χ0) is 103. The van der Waals surface area contributed by atoms with Gasteiger partial charge in [-0.05, 0) is 134 Å². The Bertz CT molecular complexity index is 7930. The number of nitrogens with zero attached hydrogens (tertiary/aromatic N) is 33. The van der Waals surface area contributed by atoms with Gasteiger partial charge < -0.3 is 79.7 Å². The van der Waals surface area contributed by atoms with Crippen molar-refractivity contribution in [2.24, 2.45) is 49.3 Å². The molecule has 0 aliphatic carbocycles. The summed E-state index contributed by atoms with van der Waals surface area (Å²) in [5, 5.41) is 39.7. The summed E-state index contributed by atoms with van der Waals surface area (Å²) >= 11 is 12.8. The van der Waals surface area contributed by atoms with Crippen molar-refractivity contribution >= 4 is 158 Å². The lowest BCUT2D eigenvalue weighted by molar-refractivity contribution is 0.122. The SMILES string of the molecule is CC(C)Oc1ccc(-c2nn(C)c3ncnc(N)c23)cc1Cl.CC(C)Oc1ccc(-c2nn(C)c3ncnc(N4CCOCC4)c23)cc1F.CN(C)c1ncnc2c1ncn2C.CNc1ncnc2c1ncn2C.Cc1[nH]nc2cc(-c3nn(C)c4ncnc(N5CCOCC5)c34)ccc12.Cc1cc(-c2nn(C)c3ncnc(N)c23)ccc1OC(C)C.Cn1nc(-c2ccc(N3CCOCC3)c(Cl)c2)c2c(N)ncnc21. The predicted molar refractivity (Wildman–Crippen MR) is 564 cm³/mol. The van der Waals surface area contributed by atoms with Gasteiger partial charge in [0.05, 0.1) is 119 Å². The molecule has 146 heavy (non-hydrogen) atoms. The Kier molecular flexibility index (Phi) is 30.6. The molecule has 756 valence electrons. The predicted octanol–water partition coefficient (Wildman–Crippen LogP) is 13.5. The summed E-state index contributed by atoms with van der Waals surface area (Å²) in [6.07, 6.45) is 14.1. The number of rotatable bonds is 16. The van der Waals surface area contributed by atoms with E-state index in [-0.39, 0.29) is 24.1 Å². The van der Waals surface area contributed by atoms with Crippen LogP contribution in [0.1, 0.15) is 52.8 Å². The first-order valence-electron chi connectivity index (χ1n) is 47.1. The maximum atomic E-state index is 14.5. The Morgan fingerprint density at radius 2 is 0.760 bits per heavy atom. The van der Waals surface area contributed by atoms with E-state index in [0.29, 0.717) is 93.6 Å². The number of aryl methyl sites for hydroxylation is 9. The topological polar surface area (TPSA) is 492 Å². The molecule has 0 atom stereocenters. The van der Waals surface area contributed by atoms with Gasteiger partial charge in [-0.2, -0.15) is 30.6 Å². The summed E-state index contributed by atoms with van der Waals surface area (Å²) in [6, 6.07) is 28.6. The normalized spacial score (nSPS) is 13.2. The van der Waals surface area contributed by atoms with Gasteiger partial charge in [-0.25, -0.2) is 108 Å². The van der Waals surface area contributed by atoms with Crippen LogP contribution in [0.5, 0.6) is 17.2 Å². The fourth-order valence-electron chi connectivity index (χ4n) is 17.1. The molecule has 3 aliphatic rings. The minimum Gasteiger partial charge on any atom is -0.491 e. The van der Waals surface area contributed by atoms with E-state index in [1.54, 1.807) is 56.4 Å². The Labute approximate surface area is 847 Å². The molecule has 0 bridgehead atoms. The first kappa shape index (κ1) is 101. The highest BCUT2D eigenvalue weighted by Gasteiger charge is 2.29. The number of halogens is 3. The minimum absolute atomic E-state index is 0.0584. The van der Waals surface area contributed by atoms with Crippen molar-refractivity contribution in [3.8, 4) is 73.5 Å². The van der Waals surface area contributed by atoms with E-state index < -0.39 is 5.82 Å². The average Bonchev–Trinajstić information content (AvgIpc) is 1.59. The monoisotopic (exact) mass is 2020 g/mol. The molecule has 3 saturated heterocycles. The van der Waals surface area contributed by atoms with Crippen molar-refractivity contribution in [1.29, 1.82) is 0 Å². The van der Waals surface area contributed by atoms with Crippen molar-refractivity contribution in [2.75, 3.05) is 142 Å². The van der Waals surface area contributed by atoms with Gasteiger partial charge in [-0.3, -0.25) is 5.10 Å². The molecule has 47 heteroatoms. The van der Waals surface area contributed by atoms with Crippen LogP contribution in [0, 0.1) is 19.7 Å². The van der Waals surface area contributed by atoms with Gasteiger partial charge in [0.1, 0.15) is 119 Å². The highest BCUT2D eigenvalue weighted by molar-refractivity contribution is 6.34. The van der Waals surface area contributed by atoms with Crippen LogP contribution in [0.15, 0.2) is 148 Å². The van der Waals surface area contributed by atoms with E-state index in [2.05, 4.69) is 149 Å². The van der Waals surface area contributed by atoms with Gasteiger partial charge in [0.15, 0.2) is 68.2 Å². The summed E-state index contributed by atoms with van der Waals surface area (Å²) < 4.78 is 60.1. The largest absolute Gasteiger partial charge is 0.491 e. The highest BCUT2D eigenvalue weighted by Crippen LogP contribution is 2.42. The number of H-pyrrole nitrogens is 1. The Hall–Kier alpha value is -16.4. The molecule has 3 fully saturated rings. The van der Waals surface area contributed by atoms with Crippen LogP contribution in [-0.2, 0) is 63.5 Å². The number of nitrogens with two attached hydrogens (primary N) is 3. The quantitative estimate of drug-likeness (QED) is 0.0600. The Morgan fingerprint density at radius 3 is 1.21 bits per heavy atom. The third kappa shape index (κ3) is 21.6. The van der Waals surface area contributed by atoms with Crippen LogP contribution in [0.2, 0.25) is 10.0 Å². The summed E-state index contributed by atoms with van der Waals surface area (Å²) in [5.74, 6) is 5.92. The molecule has 0 spiro atoms. The summed E-state index contributed by atoms with van der Waals surface area (Å²) in [6.45, 7) is 24.7. The van der Waals surface area contributed by atoms with Gasteiger partial charge in [0.2, 0.25) is 0 Å². The van der Waals surface area contributed by atoms with E-state index in [0.717, 1.165) is 209 Å². The van der Waals surface area contributed by atoms with Crippen molar-refractivity contribution in [1.82, 2.24) is 148 Å². The Balaban J connectivity index is 0.000000118. The molecule has 8 N–H and O–H groups in total. The number of fused-ring (bicyclic) bond motifs is 8. The number of imidazole rings is 2. The van der Waals surface area contributed by atoms with Crippen LogP contribution in [0.3, 0.4) is 0 Å². The van der Waals surface area contributed by atoms with Crippen molar-refractivity contribution in [3.63, 3.8) is 0 Å². The van der Waals surface area contributed by atoms with Crippen LogP contribution < -0.4 is 56.3 Å². The fourth-order valence-corrected chi connectivity index (χ4v) is 17.6. The van der Waals surface area contributed by atoms with E-state index >= 15 is 0 Å². The summed E-state index contributed by atoms with van der Waals surface area (Å²) in [4.78, 5) is 76.2. The molecule has 0 radical (unpaired) electrons. The van der Waals surface area contributed by atoms with Crippen molar-refractivity contribution in [2.45, 2.75) is 73.7 Å². The molecule has 0 unspecified atom stereocenters. The molecule has 0 amide bonds. The molecule has 20 aromatic rings. The van der Waals surface area contributed by atoms with Crippen LogP contribution in [0.25, 0.3) is 145 Å². The highest BCUT2D eigenvalue weighted by atomic mass is 35.5. The lowest BCUT2D eigenvalue weighted by Gasteiger charge is -2.29. The van der Waals surface area contributed by atoms with Gasteiger partial charge in [0, 0.05) is 149 Å². The number of aromatic amines is 1. The molecule has 23 rings (SSSR count). The average molecular weight is 2020 g/mol. The summed E-state index contributed by atoms with van der Waals surface area (Å²) in [7, 11) is 18.8. The molecule has 15 aromatic heterocycles. The molecule has 44 nitrogen and oxygen atoms in total. The zero-order valence-corrected chi connectivity index (χ0v) is 85.7. The number of hydrogen-bond acceptors (Lipinski definition) is 36. The molecular weight excluding hydrogens is 1910 g/mol. The van der Waals surface area contributed by atoms with Crippen molar-refractivity contribution < 1.29 is 32.8 Å². The number of nitrogens with one attached hydrogen (secondary N) is 2. The smallest absolute Gasteiger partial charge is 0.165 e.